The minimum Gasteiger partial charge on any atom is -0.465 e. The number of carbonyl (C=O) groups excluding carboxylic acids is 2. The van der Waals surface area contributed by atoms with Gasteiger partial charge in [0.2, 0.25) is 5.91 Å². The number of methoxy groups -OCH3 is 1. The molecule has 0 bridgehead atoms. The standard InChI is InChI=1S/C20H21N3O3S/c1-26-19(25)14-11-23(16-9-6-5-7-13(14)16)12-18(24)22-20-21-15-8-3-2-4-10-17(15)27-20/h5-7,9,11H,2-4,8,10,12H2,1H3,(H,21,22,24). The summed E-state index contributed by atoms with van der Waals surface area (Å²) in [5.41, 5.74) is 2.41. The zero-order chi connectivity index (χ0) is 18.8. The third kappa shape index (κ3) is 3.60. The second kappa shape index (κ2) is 7.52. The van der Waals surface area contributed by atoms with Gasteiger partial charge < -0.3 is 14.6 Å². The molecule has 1 aliphatic carbocycles. The Morgan fingerprint density at radius 2 is 2.04 bits per heavy atom. The van der Waals surface area contributed by atoms with Gasteiger partial charge in [0, 0.05) is 22.0 Å². The fourth-order valence-corrected chi connectivity index (χ4v) is 4.61. The molecule has 3 aromatic rings. The van der Waals surface area contributed by atoms with Crippen LogP contribution < -0.4 is 5.32 Å². The number of aromatic nitrogens is 2. The van der Waals surface area contributed by atoms with Crippen LogP contribution in [0.3, 0.4) is 0 Å². The van der Waals surface area contributed by atoms with E-state index in [0.29, 0.717) is 10.7 Å². The average molecular weight is 383 g/mol. The molecular weight excluding hydrogens is 362 g/mol. The third-order valence-electron chi connectivity index (χ3n) is 4.85. The number of rotatable bonds is 4. The van der Waals surface area contributed by atoms with Crippen molar-refractivity contribution in [1.82, 2.24) is 9.55 Å². The van der Waals surface area contributed by atoms with Crippen LogP contribution in [0, 0.1) is 0 Å². The molecule has 0 aliphatic heterocycles. The summed E-state index contributed by atoms with van der Waals surface area (Å²) in [6, 6.07) is 7.49. The maximum atomic E-state index is 12.6. The molecule has 0 spiro atoms. The highest BCUT2D eigenvalue weighted by molar-refractivity contribution is 7.15. The number of carbonyl (C=O) groups is 2. The molecule has 0 radical (unpaired) electrons. The summed E-state index contributed by atoms with van der Waals surface area (Å²) in [7, 11) is 1.35. The van der Waals surface area contributed by atoms with E-state index in [0.717, 1.165) is 35.9 Å². The Balaban J connectivity index is 1.54. The first-order valence-electron chi connectivity index (χ1n) is 9.10. The van der Waals surface area contributed by atoms with Gasteiger partial charge in [-0.2, -0.15) is 0 Å². The topological polar surface area (TPSA) is 73.2 Å². The highest BCUT2D eigenvalue weighted by Crippen LogP contribution is 2.29. The second-order valence-electron chi connectivity index (χ2n) is 6.68. The van der Waals surface area contributed by atoms with Gasteiger partial charge >= 0.3 is 5.97 Å². The molecule has 1 N–H and O–H groups in total. The van der Waals surface area contributed by atoms with Crippen LogP contribution in [0.15, 0.2) is 30.5 Å². The molecule has 0 saturated heterocycles. The Bertz CT molecular complexity index is 982. The lowest BCUT2D eigenvalue weighted by atomic mass is 10.2. The molecule has 2 aromatic heterocycles. The van der Waals surface area contributed by atoms with Crippen molar-refractivity contribution < 1.29 is 14.3 Å². The van der Waals surface area contributed by atoms with Crippen LogP contribution in [-0.2, 0) is 28.9 Å². The van der Waals surface area contributed by atoms with Gasteiger partial charge in [-0.05, 0) is 31.7 Å². The molecular formula is C20H21N3O3S. The highest BCUT2D eigenvalue weighted by atomic mass is 32.1. The molecule has 0 atom stereocenters. The maximum Gasteiger partial charge on any atom is 0.340 e. The molecule has 7 heteroatoms. The smallest absolute Gasteiger partial charge is 0.340 e. The number of thiazole rings is 1. The number of nitrogens with zero attached hydrogens (tertiary/aromatic N) is 2. The quantitative estimate of drug-likeness (QED) is 0.549. The van der Waals surface area contributed by atoms with Crippen molar-refractivity contribution in [2.24, 2.45) is 0 Å². The predicted molar refractivity (Wildman–Crippen MR) is 105 cm³/mol. The highest BCUT2D eigenvalue weighted by Gasteiger charge is 2.18. The molecule has 0 fully saturated rings. The minimum atomic E-state index is -0.408. The number of hydrogen-bond acceptors (Lipinski definition) is 5. The summed E-state index contributed by atoms with van der Waals surface area (Å²) in [6.45, 7) is 0.113. The van der Waals surface area contributed by atoms with Gasteiger partial charge in [-0.25, -0.2) is 9.78 Å². The molecule has 6 nitrogen and oxygen atoms in total. The van der Waals surface area contributed by atoms with E-state index in [1.807, 2.05) is 24.3 Å². The number of benzene rings is 1. The molecule has 2 heterocycles. The molecule has 4 rings (SSSR count). The average Bonchev–Trinajstić information content (AvgIpc) is 3.15. The fourth-order valence-electron chi connectivity index (χ4n) is 3.55. The van der Waals surface area contributed by atoms with Crippen LogP contribution in [0.1, 0.15) is 40.2 Å². The number of amides is 1. The van der Waals surface area contributed by atoms with Gasteiger partial charge in [0.1, 0.15) is 6.54 Å². The van der Waals surface area contributed by atoms with Crippen molar-refractivity contribution in [2.45, 2.75) is 38.6 Å². The van der Waals surface area contributed by atoms with E-state index in [1.54, 1.807) is 22.1 Å². The van der Waals surface area contributed by atoms with Gasteiger partial charge in [0.05, 0.1) is 18.4 Å². The van der Waals surface area contributed by atoms with Crippen LogP contribution in [-0.4, -0.2) is 28.5 Å². The zero-order valence-electron chi connectivity index (χ0n) is 15.2. The third-order valence-corrected chi connectivity index (χ3v) is 5.92. The molecule has 1 aromatic carbocycles. The SMILES string of the molecule is COC(=O)c1cn(CC(=O)Nc2nc3c(s2)CCCCC3)c2ccccc12. The van der Waals surface area contributed by atoms with Gasteiger partial charge in [-0.15, -0.1) is 11.3 Å². The lowest BCUT2D eigenvalue weighted by molar-refractivity contribution is -0.116. The number of hydrogen-bond donors (Lipinski definition) is 1. The zero-order valence-corrected chi connectivity index (χ0v) is 16.0. The van der Waals surface area contributed by atoms with Crippen LogP contribution in [0.25, 0.3) is 10.9 Å². The number of esters is 1. The van der Waals surface area contributed by atoms with E-state index in [2.05, 4.69) is 10.3 Å². The van der Waals surface area contributed by atoms with Crippen LogP contribution in [0.5, 0.6) is 0 Å². The summed E-state index contributed by atoms with van der Waals surface area (Å²) in [6.07, 6.45) is 7.31. The summed E-state index contributed by atoms with van der Waals surface area (Å²) in [4.78, 5) is 30.5. The first-order chi connectivity index (χ1) is 13.2. The van der Waals surface area contributed by atoms with E-state index in [1.165, 1.54) is 24.8 Å². The van der Waals surface area contributed by atoms with Crippen LogP contribution in [0.4, 0.5) is 5.13 Å². The van der Waals surface area contributed by atoms with Gasteiger partial charge in [-0.1, -0.05) is 24.6 Å². The van der Waals surface area contributed by atoms with Crippen LogP contribution in [0.2, 0.25) is 0 Å². The molecule has 0 saturated carbocycles. The lowest BCUT2D eigenvalue weighted by Crippen LogP contribution is -2.18. The summed E-state index contributed by atoms with van der Waals surface area (Å²) in [5, 5.41) is 4.36. The number of aryl methyl sites for hydroxylation is 2. The Labute approximate surface area is 161 Å². The lowest BCUT2D eigenvalue weighted by Gasteiger charge is -2.05. The molecule has 1 aliphatic rings. The maximum absolute atomic E-state index is 12.6. The van der Waals surface area contributed by atoms with Crippen molar-refractivity contribution in [3.05, 3.63) is 46.6 Å². The normalized spacial score (nSPS) is 13.8. The van der Waals surface area contributed by atoms with Crippen molar-refractivity contribution in [3.8, 4) is 0 Å². The first-order valence-corrected chi connectivity index (χ1v) is 9.92. The number of ether oxygens (including phenoxy) is 1. The Hall–Kier alpha value is -2.67. The summed E-state index contributed by atoms with van der Waals surface area (Å²) in [5.74, 6) is -0.565. The van der Waals surface area contributed by atoms with Crippen LogP contribution >= 0.6 is 11.3 Å². The van der Waals surface area contributed by atoms with Crippen molar-refractivity contribution in [1.29, 1.82) is 0 Å². The summed E-state index contributed by atoms with van der Waals surface area (Å²) >= 11 is 1.58. The fraction of sp³-hybridized carbons (Fsp3) is 0.350. The summed E-state index contributed by atoms with van der Waals surface area (Å²) < 4.78 is 6.63. The Kier molecular flexibility index (Phi) is 4.94. The number of nitrogens with one attached hydrogen (secondary N) is 1. The first kappa shape index (κ1) is 17.7. The van der Waals surface area contributed by atoms with Crippen molar-refractivity contribution in [3.63, 3.8) is 0 Å². The van der Waals surface area contributed by atoms with E-state index < -0.39 is 5.97 Å². The van der Waals surface area contributed by atoms with E-state index in [9.17, 15) is 9.59 Å². The molecule has 140 valence electrons. The number of anilines is 1. The second-order valence-corrected chi connectivity index (χ2v) is 7.76. The van der Waals surface area contributed by atoms with Gasteiger partial charge in [-0.3, -0.25) is 4.79 Å². The van der Waals surface area contributed by atoms with Gasteiger partial charge in [0.25, 0.3) is 0 Å². The predicted octanol–water partition coefficient (Wildman–Crippen LogP) is 3.79. The van der Waals surface area contributed by atoms with E-state index in [4.69, 9.17) is 4.74 Å². The largest absolute Gasteiger partial charge is 0.465 e. The van der Waals surface area contributed by atoms with Gasteiger partial charge in [0.15, 0.2) is 5.13 Å². The van der Waals surface area contributed by atoms with E-state index in [-0.39, 0.29) is 12.5 Å². The number of para-hydroxylation sites is 1. The van der Waals surface area contributed by atoms with Crippen molar-refractivity contribution >= 4 is 39.2 Å². The molecule has 27 heavy (non-hydrogen) atoms. The Morgan fingerprint density at radius 3 is 2.89 bits per heavy atom. The Morgan fingerprint density at radius 1 is 1.22 bits per heavy atom. The molecule has 1 amide bonds. The van der Waals surface area contributed by atoms with Crippen molar-refractivity contribution in [2.75, 3.05) is 12.4 Å². The van der Waals surface area contributed by atoms with E-state index >= 15 is 0 Å². The molecule has 0 unspecified atom stereocenters. The number of fused-ring (bicyclic) bond motifs is 2. The monoisotopic (exact) mass is 383 g/mol. The minimum absolute atomic E-state index is 0.113.